The number of anilines is 1. The molecule has 200 valence electrons. The number of aromatic nitrogens is 4. The highest BCUT2D eigenvalue weighted by Crippen LogP contribution is 2.36. The summed E-state index contributed by atoms with van der Waals surface area (Å²) in [4.78, 5) is 23.1. The van der Waals surface area contributed by atoms with Crippen molar-refractivity contribution in [1.82, 2.24) is 24.2 Å². The van der Waals surface area contributed by atoms with Crippen molar-refractivity contribution in [3.05, 3.63) is 51.4 Å². The molecule has 0 radical (unpaired) electrons. The maximum atomic E-state index is 13.2. The second kappa shape index (κ2) is 10.4. The molecule has 0 bridgehead atoms. The molecule has 5 rings (SSSR count). The lowest BCUT2D eigenvalue weighted by Gasteiger charge is -2.49. The molecule has 0 amide bonds. The highest BCUT2D eigenvalue weighted by Gasteiger charge is 2.36. The molecule has 8 nitrogen and oxygen atoms in total. The molecule has 1 saturated heterocycles. The van der Waals surface area contributed by atoms with Gasteiger partial charge < -0.3 is 9.47 Å². The van der Waals surface area contributed by atoms with E-state index in [1.165, 1.54) is 6.07 Å². The highest BCUT2D eigenvalue weighted by molar-refractivity contribution is 7.18. The zero-order chi connectivity index (χ0) is 27.1. The molecule has 1 aliphatic rings. The van der Waals surface area contributed by atoms with Gasteiger partial charge in [-0.15, -0.1) is 11.3 Å². The summed E-state index contributed by atoms with van der Waals surface area (Å²) < 4.78 is 29.6. The van der Waals surface area contributed by atoms with Crippen molar-refractivity contribution in [2.45, 2.75) is 64.7 Å². The van der Waals surface area contributed by atoms with Crippen molar-refractivity contribution in [3.8, 4) is 6.07 Å². The molecule has 0 saturated carbocycles. The van der Waals surface area contributed by atoms with Crippen LogP contribution in [0.3, 0.4) is 0 Å². The van der Waals surface area contributed by atoms with Gasteiger partial charge in [0.15, 0.2) is 0 Å². The fraction of sp³-hybridized carbons (Fsp3) is 0.481. The summed E-state index contributed by atoms with van der Waals surface area (Å²) in [5.41, 5.74) is 2.98. The first kappa shape index (κ1) is 26.3. The number of nitriles is 1. The Kier molecular flexibility index (Phi) is 7.20. The van der Waals surface area contributed by atoms with Crippen LogP contribution in [0.25, 0.3) is 21.3 Å². The normalized spacial score (nSPS) is 19.5. The first-order valence-electron chi connectivity index (χ1n) is 12.9. The predicted octanol–water partition coefficient (Wildman–Crippen LogP) is 5.25. The van der Waals surface area contributed by atoms with Crippen LogP contribution >= 0.6 is 11.3 Å². The van der Waals surface area contributed by atoms with Gasteiger partial charge >= 0.3 is 0 Å². The summed E-state index contributed by atoms with van der Waals surface area (Å²) in [6, 6.07) is 9.45. The molecule has 0 spiro atoms. The van der Waals surface area contributed by atoms with Crippen LogP contribution < -0.4 is 10.5 Å². The summed E-state index contributed by atoms with van der Waals surface area (Å²) in [5.74, 6) is 0. The Morgan fingerprint density at radius 3 is 2.63 bits per heavy atom. The third kappa shape index (κ3) is 4.56. The second-order valence-electron chi connectivity index (χ2n) is 9.87. The third-order valence-electron chi connectivity index (χ3n) is 7.72. The van der Waals surface area contributed by atoms with Crippen LogP contribution in [0.1, 0.15) is 56.7 Å². The molecule has 4 aromatic heterocycles. The van der Waals surface area contributed by atoms with Gasteiger partial charge in [0.2, 0.25) is 0 Å². The van der Waals surface area contributed by atoms with Crippen LogP contribution in [0.5, 0.6) is 0 Å². The van der Waals surface area contributed by atoms with Crippen molar-refractivity contribution in [2.75, 3.05) is 18.0 Å². The zero-order valence-electron chi connectivity index (χ0n) is 21.9. The number of thiophene rings is 1. The van der Waals surface area contributed by atoms with Gasteiger partial charge in [-0.25, -0.2) is 13.8 Å². The fourth-order valence-corrected chi connectivity index (χ4v) is 6.42. The first-order chi connectivity index (χ1) is 18.2. The van der Waals surface area contributed by atoms with Crippen LogP contribution in [-0.2, 0) is 13.6 Å². The van der Waals surface area contributed by atoms with E-state index in [9.17, 15) is 13.6 Å². The minimum atomic E-state index is -2.49. The van der Waals surface area contributed by atoms with E-state index < -0.39 is 6.43 Å². The van der Waals surface area contributed by atoms with Crippen LogP contribution in [0, 0.1) is 11.3 Å². The van der Waals surface area contributed by atoms with E-state index in [1.54, 1.807) is 28.6 Å². The molecular formula is C27H31F2N7OS. The molecule has 0 aliphatic carbocycles. The van der Waals surface area contributed by atoms with E-state index in [2.05, 4.69) is 41.7 Å². The Morgan fingerprint density at radius 2 is 1.95 bits per heavy atom. The molecule has 38 heavy (non-hydrogen) atoms. The number of piperazine rings is 1. The molecule has 0 N–H and O–H groups in total. The number of fused-ring (bicyclic) bond motifs is 2. The number of hydrogen-bond donors (Lipinski definition) is 0. The Morgan fingerprint density at radius 1 is 1.18 bits per heavy atom. The predicted molar refractivity (Wildman–Crippen MR) is 146 cm³/mol. The molecule has 11 heteroatoms. The van der Waals surface area contributed by atoms with Gasteiger partial charge in [0.05, 0.1) is 34.0 Å². The fourth-order valence-electron chi connectivity index (χ4n) is 5.53. The van der Waals surface area contributed by atoms with Gasteiger partial charge in [-0.2, -0.15) is 10.4 Å². The van der Waals surface area contributed by atoms with Crippen molar-refractivity contribution >= 4 is 38.3 Å². The Labute approximate surface area is 223 Å². The van der Waals surface area contributed by atoms with E-state index in [1.807, 2.05) is 12.1 Å². The average Bonchev–Trinajstić information content (AvgIpc) is 3.54. The van der Waals surface area contributed by atoms with Gasteiger partial charge in [-0.1, -0.05) is 19.9 Å². The number of nitrogens with zero attached hydrogens (tertiary/aromatic N) is 7. The number of pyridine rings is 2. The minimum Gasteiger partial charge on any atom is -0.364 e. The summed E-state index contributed by atoms with van der Waals surface area (Å²) in [6.07, 6.45) is 1.02. The molecule has 1 fully saturated rings. The van der Waals surface area contributed by atoms with E-state index in [-0.39, 0.29) is 35.1 Å². The van der Waals surface area contributed by atoms with Gasteiger partial charge in [0.25, 0.3) is 12.0 Å². The molecule has 3 atom stereocenters. The van der Waals surface area contributed by atoms with Gasteiger partial charge in [0.1, 0.15) is 16.9 Å². The largest absolute Gasteiger partial charge is 0.364 e. The number of rotatable bonds is 7. The van der Waals surface area contributed by atoms with Crippen LogP contribution in [0.4, 0.5) is 14.5 Å². The molecule has 4 aromatic rings. The topological polar surface area (TPSA) is 83.0 Å². The molecule has 5 heterocycles. The quantitative estimate of drug-likeness (QED) is 0.319. The lowest BCUT2D eigenvalue weighted by Crippen LogP contribution is -2.58. The van der Waals surface area contributed by atoms with Gasteiger partial charge in [-0.3, -0.25) is 14.4 Å². The Bertz CT molecular complexity index is 1570. The lowest BCUT2D eigenvalue weighted by molar-refractivity contribution is 0.0993. The van der Waals surface area contributed by atoms with E-state index in [0.29, 0.717) is 16.9 Å². The number of halogens is 2. The second-order valence-corrected chi connectivity index (χ2v) is 10.9. The van der Waals surface area contributed by atoms with E-state index in [0.717, 1.165) is 53.0 Å². The Balaban J connectivity index is 1.49. The van der Waals surface area contributed by atoms with Crippen molar-refractivity contribution < 1.29 is 8.78 Å². The monoisotopic (exact) mass is 539 g/mol. The average molecular weight is 540 g/mol. The number of aryl methyl sites for hydroxylation is 1. The van der Waals surface area contributed by atoms with Crippen LogP contribution in [0.15, 0.2) is 35.3 Å². The van der Waals surface area contributed by atoms with Crippen molar-refractivity contribution in [1.29, 1.82) is 5.26 Å². The SMILES string of the molecule is CC[C@H]1CN([C@H](C)c2ccc3cc(C(F)F)sc3n2)[C@H](CC)CN1c1cc(=O)n(C)c2cn(CC#N)nc12. The summed E-state index contributed by atoms with van der Waals surface area (Å²) >= 11 is 1.05. The van der Waals surface area contributed by atoms with Crippen LogP contribution in [-0.4, -0.2) is 49.4 Å². The highest BCUT2D eigenvalue weighted by atomic mass is 32.1. The molecular weight excluding hydrogens is 508 g/mol. The zero-order valence-corrected chi connectivity index (χ0v) is 22.8. The lowest BCUT2D eigenvalue weighted by atomic mass is 9.98. The Hall–Kier alpha value is -3.36. The number of alkyl halides is 2. The van der Waals surface area contributed by atoms with E-state index >= 15 is 0 Å². The van der Waals surface area contributed by atoms with E-state index in [4.69, 9.17) is 10.2 Å². The van der Waals surface area contributed by atoms with Crippen molar-refractivity contribution in [2.24, 2.45) is 7.05 Å². The summed E-state index contributed by atoms with van der Waals surface area (Å²) in [6.45, 7) is 8.01. The molecule has 1 aliphatic heterocycles. The van der Waals surface area contributed by atoms with Gasteiger partial charge in [-0.05, 0) is 31.9 Å². The molecule has 0 aromatic carbocycles. The van der Waals surface area contributed by atoms with Crippen LogP contribution in [0.2, 0.25) is 0 Å². The minimum absolute atomic E-state index is 0.00357. The number of hydrogen-bond acceptors (Lipinski definition) is 7. The molecule has 0 unspecified atom stereocenters. The standard InChI is InChI=1S/C27H31F2N7OS/c1-5-18-14-36(21-12-24(37)33(4)22-15-34(10-9-30)32-25(21)22)19(6-2)13-35(18)16(3)20-8-7-17-11-23(26(28)29)38-27(17)31-20/h7-8,11-12,15-16,18-19,26H,5-6,10,13-14H2,1-4H3/t16-,18-,19+/m1/s1. The van der Waals surface area contributed by atoms with Crippen molar-refractivity contribution in [3.63, 3.8) is 0 Å². The maximum Gasteiger partial charge on any atom is 0.272 e. The summed E-state index contributed by atoms with van der Waals surface area (Å²) in [5, 5.41) is 14.6. The third-order valence-corrected chi connectivity index (χ3v) is 8.78. The maximum absolute atomic E-state index is 13.2. The smallest absolute Gasteiger partial charge is 0.272 e. The first-order valence-corrected chi connectivity index (χ1v) is 13.7. The summed E-state index contributed by atoms with van der Waals surface area (Å²) in [7, 11) is 1.72. The van der Waals surface area contributed by atoms with Gasteiger partial charge in [0, 0.05) is 49.7 Å².